The second kappa shape index (κ2) is 5.97. The molecule has 0 aromatic heterocycles. The fourth-order valence-corrected chi connectivity index (χ4v) is 2.81. The third kappa shape index (κ3) is 2.78. The summed E-state index contributed by atoms with van der Waals surface area (Å²) in [6.07, 6.45) is 1.79. The molecule has 1 N–H and O–H groups in total. The average Bonchev–Trinajstić information content (AvgIpc) is 2.85. The van der Waals surface area contributed by atoms with Crippen LogP contribution in [-0.2, 0) is 0 Å². The molecule has 118 valence electrons. The summed E-state index contributed by atoms with van der Waals surface area (Å²) in [7, 11) is 5.55. The number of hydrogen-bond donors (Lipinski definition) is 1. The molecule has 23 heavy (non-hydrogen) atoms. The van der Waals surface area contributed by atoms with Crippen LogP contribution in [0.25, 0.3) is 6.08 Å². The second-order valence-electron chi connectivity index (χ2n) is 5.50. The number of Topliss-reactive ketones (excluding diaryl/α,β-unsaturated/α-hetero) is 1. The number of nitrogens with zero attached hydrogens (tertiary/aromatic N) is 1. The van der Waals surface area contributed by atoms with Crippen LogP contribution in [0.1, 0.15) is 15.9 Å². The minimum Gasteiger partial charge on any atom is -0.496 e. The molecular formula is C18H17ClN2O2. The molecule has 0 fully saturated rings. The number of hydrogen-bond acceptors (Lipinski definition) is 4. The lowest BCUT2D eigenvalue weighted by molar-refractivity contribution is 0.104. The number of rotatable bonds is 3. The van der Waals surface area contributed by atoms with Gasteiger partial charge in [0.15, 0.2) is 0 Å². The number of benzene rings is 2. The van der Waals surface area contributed by atoms with Gasteiger partial charge < -0.3 is 15.0 Å². The maximum atomic E-state index is 12.5. The first-order valence-corrected chi connectivity index (χ1v) is 7.56. The fraction of sp³-hybridized carbons (Fsp3) is 0.167. The van der Waals surface area contributed by atoms with E-state index in [2.05, 4.69) is 5.32 Å². The molecule has 1 heterocycles. The van der Waals surface area contributed by atoms with Crippen molar-refractivity contribution in [2.24, 2.45) is 0 Å². The third-order valence-corrected chi connectivity index (χ3v) is 4.10. The Kier molecular flexibility index (Phi) is 4.01. The smallest absolute Gasteiger partial charge is 0.212 e. The van der Waals surface area contributed by atoms with Gasteiger partial charge in [0.1, 0.15) is 5.75 Å². The Bertz CT molecular complexity index is 813. The standard InChI is InChI=1S/C18H17ClN2O2/c1-21(2)12-8-7-11(16(10-12)23-3)9-15-18(22)17-13(19)5-4-6-14(17)20-15/h4-10,20H,1-3H3. The highest BCUT2D eigenvalue weighted by atomic mass is 35.5. The Morgan fingerprint density at radius 2 is 2.00 bits per heavy atom. The molecule has 2 aromatic carbocycles. The Morgan fingerprint density at radius 1 is 1.22 bits per heavy atom. The van der Waals surface area contributed by atoms with Gasteiger partial charge in [0.2, 0.25) is 5.78 Å². The summed E-state index contributed by atoms with van der Waals surface area (Å²) in [6, 6.07) is 11.2. The van der Waals surface area contributed by atoms with Crippen molar-refractivity contribution in [1.82, 2.24) is 0 Å². The normalized spacial score (nSPS) is 14.6. The molecule has 0 radical (unpaired) electrons. The van der Waals surface area contributed by atoms with E-state index < -0.39 is 0 Å². The maximum absolute atomic E-state index is 12.5. The van der Waals surface area contributed by atoms with E-state index in [0.717, 1.165) is 16.9 Å². The minimum atomic E-state index is -0.107. The van der Waals surface area contributed by atoms with E-state index in [1.54, 1.807) is 19.3 Å². The summed E-state index contributed by atoms with van der Waals surface area (Å²) in [6.45, 7) is 0. The molecule has 0 saturated heterocycles. The minimum absolute atomic E-state index is 0.107. The molecule has 0 unspecified atom stereocenters. The zero-order valence-corrected chi connectivity index (χ0v) is 13.9. The van der Waals surface area contributed by atoms with Crippen LogP contribution < -0.4 is 15.0 Å². The van der Waals surface area contributed by atoms with Crippen LogP contribution in [0.15, 0.2) is 42.1 Å². The quantitative estimate of drug-likeness (QED) is 0.863. The molecule has 5 heteroatoms. The molecule has 0 spiro atoms. The molecule has 0 saturated carbocycles. The van der Waals surface area contributed by atoms with Crippen molar-refractivity contribution in [3.8, 4) is 5.75 Å². The fourth-order valence-electron chi connectivity index (χ4n) is 2.55. The predicted molar refractivity (Wildman–Crippen MR) is 94.7 cm³/mol. The predicted octanol–water partition coefficient (Wildman–Crippen LogP) is 4.06. The van der Waals surface area contributed by atoms with Gasteiger partial charge in [-0.1, -0.05) is 17.7 Å². The zero-order chi connectivity index (χ0) is 16.6. The lowest BCUT2D eigenvalue weighted by Crippen LogP contribution is -2.08. The summed E-state index contributed by atoms with van der Waals surface area (Å²) in [4.78, 5) is 14.5. The molecule has 2 aromatic rings. The van der Waals surface area contributed by atoms with Crippen molar-refractivity contribution in [2.75, 3.05) is 31.4 Å². The van der Waals surface area contributed by atoms with E-state index in [0.29, 0.717) is 22.0 Å². The van der Waals surface area contributed by atoms with Crippen LogP contribution in [0.5, 0.6) is 5.75 Å². The number of anilines is 2. The Morgan fingerprint density at radius 3 is 2.65 bits per heavy atom. The number of fused-ring (bicyclic) bond motifs is 1. The van der Waals surface area contributed by atoms with Gasteiger partial charge in [-0.05, 0) is 30.3 Å². The van der Waals surface area contributed by atoms with E-state index >= 15 is 0 Å². The first-order chi connectivity index (χ1) is 11.0. The van der Waals surface area contributed by atoms with Crippen molar-refractivity contribution in [3.63, 3.8) is 0 Å². The molecule has 3 rings (SSSR count). The van der Waals surface area contributed by atoms with Crippen LogP contribution >= 0.6 is 11.6 Å². The van der Waals surface area contributed by atoms with Crippen LogP contribution in [0.3, 0.4) is 0 Å². The van der Waals surface area contributed by atoms with Gasteiger partial charge >= 0.3 is 0 Å². The highest BCUT2D eigenvalue weighted by Gasteiger charge is 2.27. The largest absolute Gasteiger partial charge is 0.496 e. The highest BCUT2D eigenvalue weighted by Crippen LogP contribution is 2.35. The van der Waals surface area contributed by atoms with Gasteiger partial charge in [0, 0.05) is 31.4 Å². The topological polar surface area (TPSA) is 41.6 Å². The highest BCUT2D eigenvalue weighted by molar-refractivity contribution is 6.37. The number of allylic oxidation sites excluding steroid dienone is 1. The Labute approximate surface area is 140 Å². The first-order valence-electron chi connectivity index (χ1n) is 7.18. The molecule has 4 nitrogen and oxygen atoms in total. The van der Waals surface area contributed by atoms with Gasteiger partial charge in [0.05, 0.1) is 29.1 Å². The zero-order valence-electron chi connectivity index (χ0n) is 13.2. The van der Waals surface area contributed by atoms with E-state index in [1.165, 1.54) is 0 Å². The molecule has 1 aliphatic heterocycles. The number of ketones is 1. The number of methoxy groups -OCH3 is 1. The van der Waals surface area contributed by atoms with Crippen molar-refractivity contribution in [2.45, 2.75) is 0 Å². The van der Waals surface area contributed by atoms with Crippen molar-refractivity contribution < 1.29 is 9.53 Å². The number of carbonyl (C=O) groups excluding carboxylic acids is 1. The van der Waals surface area contributed by atoms with Crippen molar-refractivity contribution in [3.05, 3.63) is 58.2 Å². The van der Waals surface area contributed by atoms with Crippen molar-refractivity contribution >= 4 is 34.8 Å². The van der Waals surface area contributed by atoms with Gasteiger partial charge in [-0.3, -0.25) is 4.79 Å². The lowest BCUT2D eigenvalue weighted by atomic mass is 10.1. The summed E-state index contributed by atoms with van der Waals surface area (Å²) in [5, 5.41) is 3.58. The van der Waals surface area contributed by atoms with Gasteiger partial charge in [-0.15, -0.1) is 0 Å². The van der Waals surface area contributed by atoms with E-state index in [-0.39, 0.29) is 5.78 Å². The molecule has 0 atom stereocenters. The number of ether oxygens (including phenoxy) is 1. The van der Waals surface area contributed by atoms with Crippen LogP contribution in [0, 0.1) is 0 Å². The van der Waals surface area contributed by atoms with Crippen molar-refractivity contribution in [1.29, 1.82) is 0 Å². The molecule has 0 amide bonds. The van der Waals surface area contributed by atoms with E-state index in [9.17, 15) is 4.79 Å². The van der Waals surface area contributed by atoms with Crippen LogP contribution in [0.4, 0.5) is 11.4 Å². The second-order valence-corrected chi connectivity index (χ2v) is 5.90. The Hall–Kier alpha value is -2.46. The average molecular weight is 329 g/mol. The number of halogens is 1. The Balaban J connectivity index is 2.01. The molecular weight excluding hydrogens is 312 g/mol. The summed E-state index contributed by atoms with van der Waals surface area (Å²) < 4.78 is 5.45. The van der Waals surface area contributed by atoms with Gasteiger partial charge in [-0.2, -0.15) is 0 Å². The summed E-state index contributed by atoms with van der Waals surface area (Å²) >= 11 is 6.13. The SMILES string of the molecule is COc1cc(N(C)C)ccc1C=C1Nc2cccc(Cl)c2C1=O. The lowest BCUT2D eigenvalue weighted by Gasteiger charge is -2.15. The van der Waals surface area contributed by atoms with Gasteiger partial charge in [0.25, 0.3) is 0 Å². The van der Waals surface area contributed by atoms with Crippen LogP contribution in [0.2, 0.25) is 5.02 Å². The summed E-state index contributed by atoms with van der Waals surface area (Å²) in [5.41, 5.74) is 3.60. The monoisotopic (exact) mass is 328 g/mol. The molecule has 1 aliphatic rings. The van der Waals surface area contributed by atoms with E-state index in [4.69, 9.17) is 16.3 Å². The number of nitrogens with one attached hydrogen (secondary N) is 1. The first kappa shape index (κ1) is 15.4. The molecule has 0 aliphatic carbocycles. The maximum Gasteiger partial charge on any atom is 0.212 e. The molecule has 0 bridgehead atoms. The van der Waals surface area contributed by atoms with E-state index in [1.807, 2.05) is 49.3 Å². The third-order valence-electron chi connectivity index (χ3n) is 3.79. The van der Waals surface area contributed by atoms with Gasteiger partial charge in [-0.25, -0.2) is 0 Å². The number of carbonyl (C=O) groups is 1. The van der Waals surface area contributed by atoms with Crippen LogP contribution in [-0.4, -0.2) is 27.0 Å². The summed E-state index contributed by atoms with van der Waals surface area (Å²) in [5.74, 6) is 0.602.